The summed E-state index contributed by atoms with van der Waals surface area (Å²) in [4.78, 5) is 0. The highest BCUT2D eigenvalue weighted by molar-refractivity contribution is 4.53. The average Bonchev–Trinajstić information content (AvgIpc) is 2.47. The highest BCUT2D eigenvalue weighted by Crippen LogP contribution is 2.02. The summed E-state index contributed by atoms with van der Waals surface area (Å²) in [5.41, 5.74) is 0. The molecule has 2 N–H and O–H groups in total. The molecule has 0 unspecified atom stereocenters. The summed E-state index contributed by atoms with van der Waals surface area (Å²) in [6, 6.07) is 0. The Balaban J connectivity index is 2.89. The van der Waals surface area contributed by atoms with Crippen LogP contribution < -0.4 is 10.6 Å². The first-order valence-corrected chi connectivity index (χ1v) is 9.33. The smallest absolute Gasteiger partial charge is 0.00484 e. The molecule has 122 valence electrons. The van der Waals surface area contributed by atoms with E-state index >= 15 is 0 Å². The van der Waals surface area contributed by atoms with E-state index < -0.39 is 0 Å². The van der Waals surface area contributed by atoms with Gasteiger partial charge in [0.25, 0.3) is 0 Å². The number of hydrogen-bond donors (Lipinski definition) is 2. The second-order valence-corrected chi connectivity index (χ2v) is 6.04. The van der Waals surface area contributed by atoms with E-state index in [9.17, 15) is 0 Å². The standard InChI is InChI=1S/C18H40N2/c1-3-5-7-9-11-15-19-17-13-14-18-20-16-12-10-8-6-4-2/h19-20H,3-18H2,1-2H3. The fraction of sp³-hybridized carbons (Fsp3) is 1.00. The molecule has 20 heavy (non-hydrogen) atoms. The van der Waals surface area contributed by atoms with Crippen LogP contribution in [0.4, 0.5) is 0 Å². The van der Waals surface area contributed by atoms with Crippen LogP contribution in [-0.2, 0) is 0 Å². The van der Waals surface area contributed by atoms with Crippen molar-refractivity contribution >= 4 is 0 Å². The molecule has 0 amide bonds. The molecule has 0 bridgehead atoms. The summed E-state index contributed by atoms with van der Waals surface area (Å²) >= 11 is 0. The van der Waals surface area contributed by atoms with Crippen LogP contribution in [0.15, 0.2) is 0 Å². The minimum Gasteiger partial charge on any atom is -0.317 e. The first-order valence-electron chi connectivity index (χ1n) is 9.33. The Hall–Kier alpha value is -0.0800. The number of hydrogen-bond acceptors (Lipinski definition) is 2. The minimum atomic E-state index is 1.20. The Morgan fingerprint density at radius 2 is 0.700 bits per heavy atom. The van der Waals surface area contributed by atoms with Crippen LogP contribution in [0, 0.1) is 0 Å². The van der Waals surface area contributed by atoms with E-state index in [1.54, 1.807) is 0 Å². The Bertz CT molecular complexity index is 141. The van der Waals surface area contributed by atoms with Crippen molar-refractivity contribution in [1.82, 2.24) is 10.6 Å². The van der Waals surface area contributed by atoms with Crippen molar-refractivity contribution in [2.24, 2.45) is 0 Å². The van der Waals surface area contributed by atoms with Gasteiger partial charge >= 0.3 is 0 Å². The number of nitrogens with one attached hydrogen (secondary N) is 2. The molecule has 0 aromatic heterocycles. The van der Waals surface area contributed by atoms with Gasteiger partial charge in [0.15, 0.2) is 0 Å². The van der Waals surface area contributed by atoms with E-state index in [-0.39, 0.29) is 0 Å². The van der Waals surface area contributed by atoms with Crippen LogP contribution in [0.3, 0.4) is 0 Å². The molecule has 0 aromatic rings. The summed E-state index contributed by atoms with van der Waals surface area (Å²) in [7, 11) is 0. The van der Waals surface area contributed by atoms with Gasteiger partial charge in [-0.3, -0.25) is 0 Å². The lowest BCUT2D eigenvalue weighted by Gasteiger charge is -2.06. The van der Waals surface area contributed by atoms with E-state index in [4.69, 9.17) is 0 Å². The van der Waals surface area contributed by atoms with Gasteiger partial charge in [0.05, 0.1) is 0 Å². The number of unbranched alkanes of at least 4 members (excludes halogenated alkanes) is 9. The maximum atomic E-state index is 3.56. The predicted molar refractivity (Wildman–Crippen MR) is 92.5 cm³/mol. The highest BCUT2D eigenvalue weighted by Gasteiger charge is 1.92. The van der Waals surface area contributed by atoms with Gasteiger partial charge in [-0.2, -0.15) is 0 Å². The van der Waals surface area contributed by atoms with Crippen molar-refractivity contribution in [3.8, 4) is 0 Å². The van der Waals surface area contributed by atoms with Gasteiger partial charge in [-0.25, -0.2) is 0 Å². The molecule has 0 aromatic carbocycles. The van der Waals surface area contributed by atoms with Crippen molar-refractivity contribution in [3.63, 3.8) is 0 Å². The summed E-state index contributed by atoms with van der Waals surface area (Å²) in [6.45, 7) is 9.38. The third-order valence-electron chi connectivity index (χ3n) is 3.87. The van der Waals surface area contributed by atoms with Gasteiger partial charge in [0, 0.05) is 0 Å². The summed E-state index contributed by atoms with van der Waals surface area (Å²) in [5, 5.41) is 7.12. The Kier molecular flexibility index (Phi) is 18.8. The first-order chi connectivity index (χ1) is 9.91. The SMILES string of the molecule is CCCCCCCNCCCCNCCCCCCC. The minimum absolute atomic E-state index is 1.20. The predicted octanol–water partition coefficient (Wildman–Crippen LogP) is 4.89. The normalized spacial score (nSPS) is 11.1. The molecule has 0 spiro atoms. The van der Waals surface area contributed by atoms with Gasteiger partial charge in [0.1, 0.15) is 0 Å². The molecule has 0 rings (SSSR count). The second kappa shape index (κ2) is 18.9. The Morgan fingerprint density at radius 3 is 1.05 bits per heavy atom. The van der Waals surface area contributed by atoms with Gasteiger partial charge in [-0.05, 0) is 51.9 Å². The molecular weight excluding hydrogens is 244 g/mol. The van der Waals surface area contributed by atoms with Crippen molar-refractivity contribution < 1.29 is 0 Å². The van der Waals surface area contributed by atoms with Gasteiger partial charge in [-0.1, -0.05) is 65.2 Å². The van der Waals surface area contributed by atoms with Crippen LogP contribution in [0.25, 0.3) is 0 Å². The van der Waals surface area contributed by atoms with Crippen LogP contribution >= 0.6 is 0 Å². The maximum absolute atomic E-state index is 3.56. The zero-order valence-electron chi connectivity index (χ0n) is 14.3. The lowest BCUT2D eigenvalue weighted by Crippen LogP contribution is -2.20. The molecule has 0 heterocycles. The van der Waals surface area contributed by atoms with Gasteiger partial charge in [0.2, 0.25) is 0 Å². The quantitative estimate of drug-likeness (QED) is 0.372. The molecule has 0 aliphatic rings. The molecule has 0 aliphatic heterocycles. The van der Waals surface area contributed by atoms with E-state index in [1.807, 2.05) is 0 Å². The topological polar surface area (TPSA) is 24.1 Å². The van der Waals surface area contributed by atoms with Crippen molar-refractivity contribution in [3.05, 3.63) is 0 Å². The summed E-state index contributed by atoms with van der Waals surface area (Å²) < 4.78 is 0. The van der Waals surface area contributed by atoms with Crippen molar-refractivity contribution in [2.75, 3.05) is 26.2 Å². The van der Waals surface area contributed by atoms with Gasteiger partial charge < -0.3 is 10.6 Å². The molecule has 0 atom stereocenters. The maximum Gasteiger partial charge on any atom is -0.00484 e. The van der Waals surface area contributed by atoms with Crippen LogP contribution in [0.2, 0.25) is 0 Å². The lowest BCUT2D eigenvalue weighted by atomic mass is 10.1. The average molecular weight is 285 g/mol. The zero-order chi connectivity index (χ0) is 14.7. The zero-order valence-corrected chi connectivity index (χ0v) is 14.3. The lowest BCUT2D eigenvalue weighted by molar-refractivity contribution is 0.540. The highest BCUT2D eigenvalue weighted by atomic mass is 14.9. The second-order valence-electron chi connectivity index (χ2n) is 6.04. The molecule has 0 fully saturated rings. The van der Waals surface area contributed by atoms with E-state index in [0.717, 1.165) is 0 Å². The van der Waals surface area contributed by atoms with E-state index in [0.29, 0.717) is 0 Å². The van der Waals surface area contributed by atoms with E-state index in [2.05, 4.69) is 24.5 Å². The first kappa shape index (κ1) is 19.9. The number of rotatable bonds is 17. The monoisotopic (exact) mass is 284 g/mol. The summed E-state index contributed by atoms with van der Waals surface area (Å²) in [6.07, 6.45) is 16.5. The van der Waals surface area contributed by atoms with Crippen LogP contribution in [0.5, 0.6) is 0 Å². The molecule has 0 saturated heterocycles. The van der Waals surface area contributed by atoms with Crippen LogP contribution in [0.1, 0.15) is 90.9 Å². The third kappa shape index (κ3) is 17.9. The van der Waals surface area contributed by atoms with Crippen molar-refractivity contribution in [2.45, 2.75) is 90.9 Å². The Labute approximate surface area is 128 Å². The van der Waals surface area contributed by atoms with Crippen molar-refractivity contribution in [1.29, 1.82) is 0 Å². The molecule has 2 nitrogen and oxygen atoms in total. The van der Waals surface area contributed by atoms with Gasteiger partial charge in [-0.15, -0.1) is 0 Å². The molecule has 0 saturated carbocycles. The summed E-state index contributed by atoms with van der Waals surface area (Å²) in [5.74, 6) is 0. The molecule has 2 heteroatoms. The fourth-order valence-electron chi connectivity index (χ4n) is 2.46. The third-order valence-corrected chi connectivity index (χ3v) is 3.87. The molecule has 0 aliphatic carbocycles. The van der Waals surface area contributed by atoms with Crippen LogP contribution in [-0.4, -0.2) is 26.2 Å². The fourth-order valence-corrected chi connectivity index (χ4v) is 2.46. The Morgan fingerprint density at radius 1 is 0.400 bits per heavy atom. The van der Waals surface area contributed by atoms with E-state index in [1.165, 1.54) is 103 Å². The largest absolute Gasteiger partial charge is 0.317 e. The molecule has 0 radical (unpaired) electrons. The molecular formula is C18H40N2.